The molecule has 0 N–H and O–H groups in total. The van der Waals surface area contributed by atoms with Crippen LogP contribution in [-0.4, -0.2) is 51.1 Å². The summed E-state index contributed by atoms with van der Waals surface area (Å²) in [5.74, 6) is -0.556. The first kappa shape index (κ1) is 20.5. The van der Waals surface area contributed by atoms with E-state index in [9.17, 15) is 14.4 Å². The van der Waals surface area contributed by atoms with Crippen molar-refractivity contribution in [3.05, 3.63) is 58.3 Å². The van der Waals surface area contributed by atoms with Gasteiger partial charge in [0.25, 0.3) is 11.1 Å². The van der Waals surface area contributed by atoms with Gasteiger partial charge in [-0.25, -0.2) is 0 Å². The van der Waals surface area contributed by atoms with Crippen LogP contribution in [0.1, 0.15) is 36.1 Å². The molecule has 30 heavy (non-hydrogen) atoms. The van der Waals surface area contributed by atoms with E-state index in [1.54, 1.807) is 11.0 Å². The van der Waals surface area contributed by atoms with Gasteiger partial charge in [0.05, 0.1) is 4.91 Å². The number of thioether (sulfide) groups is 1. The lowest BCUT2D eigenvalue weighted by atomic mass is 10.1. The van der Waals surface area contributed by atoms with Crippen LogP contribution in [0.15, 0.2) is 41.4 Å². The zero-order chi connectivity index (χ0) is 21.3. The van der Waals surface area contributed by atoms with Crippen molar-refractivity contribution in [1.82, 2.24) is 14.4 Å². The molecule has 2 saturated heterocycles. The average molecular weight is 424 g/mol. The summed E-state index contributed by atoms with van der Waals surface area (Å²) in [7, 11) is 0. The number of piperidine rings is 1. The lowest BCUT2D eigenvalue weighted by Crippen LogP contribution is -2.44. The summed E-state index contributed by atoms with van der Waals surface area (Å²) in [6.07, 6.45) is 6.73. The largest absolute Gasteiger partial charge is 0.341 e. The molecule has 7 heteroatoms. The van der Waals surface area contributed by atoms with Crippen molar-refractivity contribution in [1.29, 1.82) is 0 Å². The Hall–Kier alpha value is -2.80. The van der Waals surface area contributed by atoms with E-state index in [1.165, 1.54) is 11.1 Å². The number of amides is 3. The highest BCUT2D eigenvalue weighted by molar-refractivity contribution is 8.18. The van der Waals surface area contributed by atoms with Crippen LogP contribution in [0.4, 0.5) is 4.79 Å². The van der Waals surface area contributed by atoms with Crippen molar-refractivity contribution in [3.63, 3.8) is 0 Å². The third-order valence-electron chi connectivity index (χ3n) is 5.70. The number of aryl methyl sites for hydroxylation is 2. The maximum atomic E-state index is 12.8. The molecule has 1 aromatic carbocycles. The highest BCUT2D eigenvalue weighted by Crippen LogP contribution is 2.33. The van der Waals surface area contributed by atoms with Crippen LogP contribution in [0.3, 0.4) is 0 Å². The molecule has 1 aromatic heterocycles. The van der Waals surface area contributed by atoms with Crippen LogP contribution in [0, 0.1) is 13.8 Å². The van der Waals surface area contributed by atoms with Crippen LogP contribution in [0.2, 0.25) is 0 Å². The van der Waals surface area contributed by atoms with Gasteiger partial charge in [-0.3, -0.25) is 19.3 Å². The number of imide groups is 1. The average Bonchev–Trinajstić information content (AvgIpc) is 3.31. The predicted molar refractivity (Wildman–Crippen MR) is 118 cm³/mol. The molecule has 3 amide bonds. The van der Waals surface area contributed by atoms with Gasteiger partial charge in [0.2, 0.25) is 5.91 Å². The summed E-state index contributed by atoms with van der Waals surface area (Å²) in [6, 6.07) is 10.0. The van der Waals surface area contributed by atoms with E-state index in [0.29, 0.717) is 18.0 Å². The molecule has 0 atom stereocenters. The fourth-order valence-electron chi connectivity index (χ4n) is 3.77. The zero-order valence-corrected chi connectivity index (χ0v) is 18.1. The van der Waals surface area contributed by atoms with E-state index in [2.05, 4.69) is 26.0 Å². The van der Waals surface area contributed by atoms with E-state index in [0.717, 1.165) is 47.3 Å². The lowest BCUT2D eigenvalue weighted by Gasteiger charge is -2.27. The van der Waals surface area contributed by atoms with E-state index >= 15 is 0 Å². The van der Waals surface area contributed by atoms with Gasteiger partial charge in [0, 0.05) is 30.7 Å². The Morgan fingerprint density at radius 3 is 2.57 bits per heavy atom. The maximum absolute atomic E-state index is 12.8. The Morgan fingerprint density at radius 2 is 1.83 bits per heavy atom. The summed E-state index contributed by atoms with van der Waals surface area (Å²) in [5, 5.41) is -0.388. The first-order valence-electron chi connectivity index (χ1n) is 10.2. The lowest BCUT2D eigenvalue weighted by molar-refractivity contribution is -0.136. The van der Waals surface area contributed by atoms with Crippen LogP contribution in [0.25, 0.3) is 11.8 Å². The number of hydrogen-bond donors (Lipinski definition) is 0. The second-order valence-electron chi connectivity index (χ2n) is 7.78. The number of carbonyl (C=O) groups is 3. The zero-order valence-electron chi connectivity index (χ0n) is 17.3. The Bertz CT molecular complexity index is 1030. The number of rotatable bonds is 4. The topological polar surface area (TPSA) is 62.6 Å². The van der Waals surface area contributed by atoms with Crippen LogP contribution < -0.4 is 0 Å². The Morgan fingerprint density at radius 1 is 1.07 bits per heavy atom. The standard InChI is InChI=1S/C23H25N3O3S/c1-16-8-9-19(13-17(16)2)25-12-6-7-18(25)14-20-22(28)26(23(29)30-20)15-21(27)24-10-4-3-5-11-24/h6-9,12-14H,3-5,10-11,15H2,1-2H3. The number of hydrogen-bond acceptors (Lipinski definition) is 4. The van der Waals surface area contributed by atoms with Gasteiger partial charge >= 0.3 is 0 Å². The fraction of sp³-hybridized carbons (Fsp3) is 0.348. The van der Waals surface area contributed by atoms with Crippen molar-refractivity contribution in [2.75, 3.05) is 19.6 Å². The molecule has 0 saturated carbocycles. The fourth-order valence-corrected chi connectivity index (χ4v) is 4.59. The maximum Gasteiger partial charge on any atom is 0.294 e. The van der Waals surface area contributed by atoms with Crippen molar-refractivity contribution < 1.29 is 14.4 Å². The molecular formula is C23H25N3O3S. The first-order valence-corrected chi connectivity index (χ1v) is 11.0. The number of likely N-dealkylation sites (tertiary alicyclic amines) is 1. The van der Waals surface area contributed by atoms with Gasteiger partial charge in [-0.2, -0.15) is 0 Å². The molecular weight excluding hydrogens is 398 g/mol. The van der Waals surface area contributed by atoms with E-state index in [4.69, 9.17) is 0 Å². The second-order valence-corrected chi connectivity index (χ2v) is 8.77. The Labute approximate surface area is 180 Å². The van der Waals surface area contributed by atoms with Crippen molar-refractivity contribution >= 4 is 34.9 Å². The highest BCUT2D eigenvalue weighted by Gasteiger charge is 2.37. The summed E-state index contributed by atoms with van der Waals surface area (Å²) in [4.78, 5) is 40.9. The number of nitrogens with zero attached hydrogens (tertiary/aromatic N) is 3. The van der Waals surface area contributed by atoms with Crippen molar-refractivity contribution in [3.8, 4) is 5.69 Å². The minimum Gasteiger partial charge on any atom is -0.341 e. The molecule has 2 aromatic rings. The molecule has 4 rings (SSSR count). The second kappa shape index (κ2) is 8.52. The molecule has 0 bridgehead atoms. The molecule has 3 heterocycles. The van der Waals surface area contributed by atoms with E-state index < -0.39 is 5.91 Å². The molecule has 2 fully saturated rings. The van der Waals surface area contributed by atoms with E-state index in [-0.39, 0.29) is 17.7 Å². The van der Waals surface area contributed by atoms with Crippen molar-refractivity contribution in [2.45, 2.75) is 33.1 Å². The quantitative estimate of drug-likeness (QED) is 0.694. The highest BCUT2D eigenvalue weighted by atomic mass is 32.2. The van der Waals surface area contributed by atoms with Gasteiger partial charge in [-0.05, 0) is 86.3 Å². The van der Waals surface area contributed by atoms with Gasteiger partial charge in [0.1, 0.15) is 6.54 Å². The molecule has 0 spiro atoms. The number of aromatic nitrogens is 1. The first-order chi connectivity index (χ1) is 14.4. The van der Waals surface area contributed by atoms with Crippen LogP contribution in [-0.2, 0) is 9.59 Å². The molecule has 0 aliphatic carbocycles. The van der Waals surface area contributed by atoms with E-state index in [1.807, 2.05) is 29.0 Å². The Balaban J connectivity index is 1.53. The summed E-state index contributed by atoms with van der Waals surface area (Å²) < 4.78 is 1.99. The number of carbonyl (C=O) groups excluding carboxylic acids is 3. The Kier molecular flexibility index (Phi) is 5.81. The summed E-state index contributed by atoms with van der Waals surface area (Å²) in [5.41, 5.74) is 4.20. The molecule has 0 radical (unpaired) electrons. The van der Waals surface area contributed by atoms with Crippen molar-refractivity contribution in [2.24, 2.45) is 0 Å². The molecule has 156 valence electrons. The summed E-state index contributed by atoms with van der Waals surface area (Å²) in [6.45, 7) is 5.35. The normalized spacial score (nSPS) is 18.5. The minimum absolute atomic E-state index is 0.156. The monoisotopic (exact) mass is 423 g/mol. The number of benzene rings is 1. The molecule has 2 aliphatic rings. The minimum atomic E-state index is -0.400. The molecule has 0 unspecified atom stereocenters. The molecule has 2 aliphatic heterocycles. The third-order valence-corrected chi connectivity index (χ3v) is 6.61. The molecule has 6 nitrogen and oxygen atoms in total. The SMILES string of the molecule is Cc1ccc(-n2cccc2C=C2SC(=O)N(CC(=O)N3CCCCC3)C2=O)cc1C. The van der Waals surface area contributed by atoms with Gasteiger partial charge < -0.3 is 9.47 Å². The van der Waals surface area contributed by atoms with Gasteiger partial charge in [-0.1, -0.05) is 6.07 Å². The van der Waals surface area contributed by atoms with Crippen LogP contribution in [0.5, 0.6) is 0 Å². The third kappa shape index (κ3) is 4.07. The van der Waals surface area contributed by atoms with Crippen LogP contribution >= 0.6 is 11.8 Å². The summed E-state index contributed by atoms with van der Waals surface area (Å²) >= 11 is 0.893. The van der Waals surface area contributed by atoms with Gasteiger partial charge in [0.15, 0.2) is 0 Å². The smallest absolute Gasteiger partial charge is 0.294 e. The predicted octanol–water partition coefficient (Wildman–Crippen LogP) is 4.14. The van der Waals surface area contributed by atoms with Gasteiger partial charge in [-0.15, -0.1) is 0 Å².